The predicted molar refractivity (Wildman–Crippen MR) is 77.9 cm³/mol. The maximum atomic E-state index is 12.7. The lowest BCUT2D eigenvalue weighted by Gasteiger charge is -2.27. The van der Waals surface area contributed by atoms with Crippen LogP contribution >= 0.6 is 0 Å². The van der Waals surface area contributed by atoms with Crippen LogP contribution in [-0.2, 0) is 4.74 Å². The van der Waals surface area contributed by atoms with Gasteiger partial charge >= 0.3 is 0 Å². The first kappa shape index (κ1) is 14.7. The fourth-order valence-corrected chi connectivity index (χ4v) is 2.60. The summed E-state index contributed by atoms with van der Waals surface area (Å²) >= 11 is 0. The van der Waals surface area contributed by atoms with Crippen molar-refractivity contribution < 1.29 is 14.3 Å². The molecular formula is C15H22N2O3. The van der Waals surface area contributed by atoms with Crippen molar-refractivity contribution in [3.63, 3.8) is 0 Å². The Bertz CT molecular complexity index is 490. The fraction of sp³-hybridized carbons (Fsp3) is 0.533. The summed E-state index contributed by atoms with van der Waals surface area (Å²) in [6.45, 7) is 5.03. The molecule has 1 fully saturated rings. The van der Waals surface area contributed by atoms with Crippen molar-refractivity contribution in [2.75, 3.05) is 26.0 Å². The summed E-state index contributed by atoms with van der Waals surface area (Å²) in [5.74, 6) is 0.390. The molecule has 1 aromatic rings. The molecule has 0 radical (unpaired) electrons. The maximum Gasteiger partial charge on any atom is 0.257 e. The van der Waals surface area contributed by atoms with Crippen LogP contribution < -0.4 is 10.5 Å². The minimum absolute atomic E-state index is 0.0561. The number of para-hydroxylation sites is 1. The van der Waals surface area contributed by atoms with Crippen molar-refractivity contribution in [3.8, 4) is 5.75 Å². The molecule has 2 atom stereocenters. The third-order valence-corrected chi connectivity index (χ3v) is 3.72. The van der Waals surface area contributed by atoms with Gasteiger partial charge in [0.15, 0.2) is 5.75 Å². The van der Waals surface area contributed by atoms with Crippen molar-refractivity contribution in [1.82, 2.24) is 4.90 Å². The van der Waals surface area contributed by atoms with Crippen molar-refractivity contribution in [2.45, 2.75) is 32.4 Å². The Morgan fingerprint density at radius 2 is 2.30 bits per heavy atom. The number of nitrogen functional groups attached to an aromatic ring is 1. The van der Waals surface area contributed by atoms with Gasteiger partial charge in [0.1, 0.15) is 0 Å². The number of benzene rings is 1. The van der Waals surface area contributed by atoms with E-state index in [1.165, 1.54) is 0 Å². The van der Waals surface area contributed by atoms with Crippen LogP contribution in [0.5, 0.6) is 5.75 Å². The number of nitrogens with two attached hydrogens (primary N) is 1. The topological polar surface area (TPSA) is 64.8 Å². The highest BCUT2D eigenvalue weighted by Gasteiger charge is 2.32. The Morgan fingerprint density at radius 3 is 2.90 bits per heavy atom. The lowest BCUT2D eigenvalue weighted by atomic mass is 10.1. The summed E-state index contributed by atoms with van der Waals surface area (Å²) < 4.78 is 11.0. The highest BCUT2D eigenvalue weighted by Crippen LogP contribution is 2.29. The number of rotatable bonds is 4. The monoisotopic (exact) mass is 278 g/mol. The summed E-state index contributed by atoms with van der Waals surface area (Å²) in [5.41, 5.74) is 6.90. The Kier molecular flexibility index (Phi) is 4.49. The van der Waals surface area contributed by atoms with E-state index in [1.807, 2.05) is 13.8 Å². The smallest absolute Gasteiger partial charge is 0.257 e. The standard InChI is InChI=1S/C15H22N2O3/c1-4-19-14-11(6-5-7-12(14)16)15(18)17(3)13-8-9-20-10(13)2/h5-7,10,13H,4,8-9,16H2,1-3H3. The second-order valence-corrected chi connectivity index (χ2v) is 5.00. The van der Waals surface area contributed by atoms with Gasteiger partial charge in [-0.3, -0.25) is 4.79 Å². The van der Waals surface area contributed by atoms with E-state index in [9.17, 15) is 4.79 Å². The minimum Gasteiger partial charge on any atom is -0.491 e. The normalized spacial score (nSPS) is 21.8. The van der Waals surface area contributed by atoms with Crippen LogP contribution in [-0.4, -0.2) is 43.2 Å². The predicted octanol–water partition coefficient (Wildman–Crippen LogP) is 1.92. The quantitative estimate of drug-likeness (QED) is 0.855. The van der Waals surface area contributed by atoms with Crippen molar-refractivity contribution in [2.24, 2.45) is 0 Å². The van der Waals surface area contributed by atoms with E-state index in [2.05, 4.69) is 0 Å². The zero-order chi connectivity index (χ0) is 14.7. The Labute approximate surface area is 119 Å². The zero-order valence-corrected chi connectivity index (χ0v) is 12.3. The Morgan fingerprint density at radius 1 is 1.55 bits per heavy atom. The molecule has 2 N–H and O–H groups in total. The van der Waals surface area contributed by atoms with E-state index < -0.39 is 0 Å². The molecule has 2 unspecified atom stereocenters. The molecule has 5 nitrogen and oxygen atoms in total. The average molecular weight is 278 g/mol. The first-order valence-corrected chi connectivity index (χ1v) is 6.96. The number of ether oxygens (including phenoxy) is 2. The molecule has 1 amide bonds. The van der Waals surface area contributed by atoms with E-state index in [4.69, 9.17) is 15.2 Å². The summed E-state index contributed by atoms with van der Waals surface area (Å²) in [5, 5.41) is 0. The second-order valence-electron chi connectivity index (χ2n) is 5.00. The molecule has 1 heterocycles. The molecule has 0 spiro atoms. The highest BCUT2D eigenvalue weighted by molar-refractivity contribution is 5.98. The molecule has 1 aliphatic rings. The molecule has 0 aliphatic carbocycles. The van der Waals surface area contributed by atoms with Crippen LogP contribution in [0.1, 0.15) is 30.6 Å². The number of anilines is 1. The van der Waals surface area contributed by atoms with E-state index in [1.54, 1.807) is 30.1 Å². The van der Waals surface area contributed by atoms with E-state index in [-0.39, 0.29) is 18.1 Å². The molecule has 110 valence electrons. The van der Waals surface area contributed by atoms with E-state index in [0.717, 1.165) is 6.42 Å². The van der Waals surface area contributed by atoms with E-state index in [0.29, 0.717) is 30.2 Å². The van der Waals surface area contributed by atoms with Gasteiger partial charge in [0.25, 0.3) is 5.91 Å². The summed E-state index contributed by atoms with van der Waals surface area (Å²) in [6.07, 6.45) is 0.913. The van der Waals surface area contributed by atoms with Crippen molar-refractivity contribution >= 4 is 11.6 Å². The van der Waals surface area contributed by atoms with Gasteiger partial charge in [-0.2, -0.15) is 0 Å². The second kappa shape index (κ2) is 6.13. The first-order chi connectivity index (χ1) is 9.56. The molecule has 0 aromatic heterocycles. The van der Waals surface area contributed by atoms with Gasteiger partial charge in [0.05, 0.1) is 30.0 Å². The van der Waals surface area contributed by atoms with Gasteiger partial charge in [0.2, 0.25) is 0 Å². The maximum absolute atomic E-state index is 12.7. The molecule has 0 bridgehead atoms. The van der Waals surface area contributed by atoms with Crippen molar-refractivity contribution in [3.05, 3.63) is 23.8 Å². The van der Waals surface area contributed by atoms with Gasteiger partial charge in [0, 0.05) is 13.7 Å². The molecular weight excluding hydrogens is 256 g/mol. The summed E-state index contributed by atoms with van der Waals surface area (Å²) in [6, 6.07) is 5.36. The number of carbonyl (C=O) groups is 1. The molecule has 2 rings (SSSR count). The summed E-state index contributed by atoms with van der Waals surface area (Å²) in [4.78, 5) is 14.4. The molecule has 1 aliphatic heterocycles. The third-order valence-electron chi connectivity index (χ3n) is 3.72. The van der Waals surface area contributed by atoms with E-state index >= 15 is 0 Å². The van der Waals surface area contributed by atoms with Crippen LogP contribution in [0, 0.1) is 0 Å². The minimum atomic E-state index is -0.0805. The fourth-order valence-electron chi connectivity index (χ4n) is 2.60. The molecule has 5 heteroatoms. The Hall–Kier alpha value is -1.75. The Balaban J connectivity index is 2.26. The third kappa shape index (κ3) is 2.72. The number of nitrogens with zero attached hydrogens (tertiary/aromatic N) is 1. The molecule has 1 saturated heterocycles. The van der Waals surface area contributed by atoms with Crippen LogP contribution in [0.2, 0.25) is 0 Å². The molecule has 1 aromatic carbocycles. The SMILES string of the molecule is CCOc1c(N)cccc1C(=O)N(C)C1CCOC1C. The zero-order valence-electron chi connectivity index (χ0n) is 12.3. The number of hydrogen-bond donors (Lipinski definition) is 1. The lowest BCUT2D eigenvalue weighted by molar-refractivity contribution is 0.0571. The number of amides is 1. The largest absolute Gasteiger partial charge is 0.491 e. The summed E-state index contributed by atoms with van der Waals surface area (Å²) in [7, 11) is 1.80. The van der Waals surface area contributed by atoms with Crippen LogP contribution in [0.4, 0.5) is 5.69 Å². The first-order valence-electron chi connectivity index (χ1n) is 6.96. The van der Waals surface area contributed by atoms with Crippen LogP contribution in [0.25, 0.3) is 0 Å². The van der Waals surface area contributed by atoms with Gasteiger partial charge < -0.3 is 20.1 Å². The number of likely N-dealkylation sites (N-methyl/N-ethyl adjacent to an activating group) is 1. The van der Waals surface area contributed by atoms with Crippen LogP contribution in [0.3, 0.4) is 0 Å². The van der Waals surface area contributed by atoms with Gasteiger partial charge in [-0.25, -0.2) is 0 Å². The average Bonchev–Trinajstić information content (AvgIpc) is 2.86. The van der Waals surface area contributed by atoms with Gasteiger partial charge in [-0.1, -0.05) is 6.07 Å². The molecule has 0 saturated carbocycles. The lowest BCUT2D eigenvalue weighted by Crippen LogP contribution is -2.41. The van der Waals surface area contributed by atoms with Gasteiger partial charge in [-0.15, -0.1) is 0 Å². The number of hydrogen-bond acceptors (Lipinski definition) is 4. The highest BCUT2D eigenvalue weighted by atomic mass is 16.5. The number of carbonyl (C=O) groups excluding carboxylic acids is 1. The molecule has 20 heavy (non-hydrogen) atoms. The van der Waals surface area contributed by atoms with Crippen LogP contribution in [0.15, 0.2) is 18.2 Å². The van der Waals surface area contributed by atoms with Gasteiger partial charge in [-0.05, 0) is 32.4 Å². The van der Waals surface area contributed by atoms with Crippen molar-refractivity contribution in [1.29, 1.82) is 0 Å².